The largest absolute Gasteiger partial charge is 0.464 e. The Bertz CT molecular complexity index is 2300. The number of rotatable bonds is 4. The summed E-state index contributed by atoms with van der Waals surface area (Å²) >= 11 is 3.28. The molecular formula is C33H32BrN13O2. The summed E-state index contributed by atoms with van der Waals surface area (Å²) in [6.45, 7) is 6.01. The molecule has 2 aromatic carbocycles. The summed E-state index contributed by atoms with van der Waals surface area (Å²) in [6, 6.07) is 12.1. The SMILES string of the molecule is C/C=C/c1cnc(N)c(-c2nc3ccc(C)cc3[nH]2)n1.COC(=O)c1nccnc1N.Cc1ccc2nc(-c3nc(Br)cnc3N)[nH]c2c1. The van der Waals surface area contributed by atoms with E-state index in [1.54, 1.807) is 12.4 Å². The van der Waals surface area contributed by atoms with Crippen LogP contribution in [0.25, 0.3) is 51.2 Å². The Kier molecular flexibility index (Phi) is 10.5. The smallest absolute Gasteiger partial charge is 0.360 e. The fraction of sp³-hybridized carbons (Fsp3) is 0.121. The van der Waals surface area contributed by atoms with Crippen molar-refractivity contribution in [2.75, 3.05) is 24.3 Å². The topological polar surface area (TPSA) is 239 Å². The molecule has 49 heavy (non-hydrogen) atoms. The summed E-state index contributed by atoms with van der Waals surface area (Å²) in [5.74, 6) is 1.50. The fourth-order valence-corrected chi connectivity index (χ4v) is 4.74. The summed E-state index contributed by atoms with van der Waals surface area (Å²) < 4.78 is 5.02. The number of nitrogens with one attached hydrogen (secondary N) is 2. The van der Waals surface area contributed by atoms with Gasteiger partial charge in [0.15, 0.2) is 34.8 Å². The zero-order valence-corrected chi connectivity index (χ0v) is 28.5. The second kappa shape index (κ2) is 15.1. The maximum Gasteiger partial charge on any atom is 0.360 e. The van der Waals surface area contributed by atoms with Gasteiger partial charge < -0.3 is 31.9 Å². The molecule has 7 rings (SSSR count). The molecule has 8 N–H and O–H groups in total. The number of imidazole rings is 2. The number of methoxy groups -OCH3 is 1. The number of esters is 1. The van der Waals surface area contributed by atoms with Gasteiger partial charge in [0.25, 0.3) is 0 Å². The molecule has 0 amide bonds. The van der Waals surface area contributed by atoms with Gasteiger partial charge in [0.1, 0.15) is 16.0 Å². The van der Waals surface area contributed by atoms with E-state index in [0.717, 1.165) is 27.8 Å². The van der Waals surface area contributed by atoms with Crippen molar-refractivity contribution in [3.05, 3.63) is 94.4 Å². The number of H-pyrrole nitrogens is 2. The molecule has 0 saturated carbocycles. The van der Waals surface area contributed by atoms with E-state index in [9.17, 15) is 4.79 Å². The van der Waals surface area contributed by atoms with E-state index in [0.29, 0.717) is 39.3 Å². The molecule has 7 aromatic rings. The van der Waals surface area contributed by atoms with Crippen molar-refractivity contribution in [2.45, 2.75) is 20.8 Å². The average molecular weight is 723 g/mol. The number of aryl methyl sites for hydroxylation is 2. The number of allylic oxidation sites excluding steroid dienone is 1. The van der Waals surface area contributed by atoms with Crippen LogP contribution in [0.1, 0.15) is 34.2 Å². The predicted molar refractivity (Wildman–Crippen MR) is 193 cm³/mol. The third kappa shape index (κ3) is 8.17. The monoisotopic (exact) mass is 721 g/mol. The number of carbonyl (C=O) groups is 1. The maximum atomic E-state index is 10.8. The molecule has 0 bridgehead atoms. The van der Waals surface area contributed by atoms with Crippen molar-refractivity contribution >= 4 is 67.5 Å². The fourth-order valence-electron chi connectivity index (χ4n) is 4.46. The van der Waals surface area contributed by atoms with Crippen molar-refractivity contribution < 1.29 is 9.53 Å². The molecule has 0 aliphatic heterocycles. The van der Waals surface area contributed by atoms with Crippen LogP contribution in [0.4, 0.5) is 17.5 Å². The first-order valence-electron chi connectivity index (χ1n) is 14.7. The zero-order valence-electron chi connectivity index (χ0n) is 26.9. The van der Waals surface area contributed by atoms with Gasteiger partial charge in [-0.15, -0.1) is 0 Å². The van der Waals surface area contributed by atoms with Crippen LogP contribution in [0.2, 0.25) is 0 Å². The quantitative estimate of drug-likeness (QED) is 0.142. The molecule has 0 aliphatic rings. The number of anilines is 3. The minimum absolute atomic E-state index is 0.0509. The zero-order chi connectivity index (χ0) is 35.1. The number of aromatic nitrogens is 10. The van der Waals surface area contributed by atoms with Gasteiger partial charge >= 0.3 is 5.97 Å². The first kappa shape index (κ1) is 34.1. The normalized spacial score (nSPS) is 10.8. The molecule has 0 saturated heterocycles. The molecule has 0 unspecified atom stereocenters. The van der Waals surface area contributed by atoms with Gasteiger partial charge in [0.2, 0.25) is 0 Å². The van der Waals surface area contributed by atoms with Crippen LogP contribution in [0, 0.1) is 13.8 Å². The van der Waals surface area contributed by atoms with E-state index in [4.69, 9.17) is 17.2 Å². The number of ether oxygens (including phenoxy) is 1. The maximum absolute atomic E-state index is 10.8. The molecule has 0 atom stereocenters. The van der Waals surface area contributed by atoms with Crippen molar-refractivity contribution in [1.29, 1.82) is 0 Å². The average Bonchev–Trinajstić information content (AvgIpc) is 3.71. The first-order valence-corrected chi connectivity index (χ1v) is 15.5. The summed E-state index contributed by atoms with van der Waals surface area (Å²) in [4.78, 5) is 50.6. The molecule has 15 nitrogen and oxygen atoms in total. The van der Waals surface area contributed by atoms with E-state index in [-0.39, 0.29) is 11.5 Å². The van der Waals surface area contributed by atoms with E-state index < -0.39 is 5.97 Å². The van der Waals surface area contributed by atoms with Crippen LogP contribution >= 0.6 is 15.9 Å². The molecule has 0 radical (unpaired) electrons. The van der Waals surface area contributed by atoms with E-state index in [1.165, 1.54) is 30.6 Å². The number of carbonyl (C=O) groups excluding carboxylic acids is 1. The number of hydrogen-bond acceptors (Lipinski definition) is 13. The summed E-state index contributed by atoms with van der Waals surface area (Å²) in [6.07, 6.45) is 9.77. The minimum atomic E-state index is -0.574. The Labute approximate surface area is 288 Å². The van der Waals surface area contributed by atoms with Crippen LogP contribution in [-0.4, -0.2) is 62.9 Å². The lowest BCUT2D eigenvalue weighted by Gasteiger charge is -2.01. The third-order valence-electron chi connectivity index (χ3n) is 6.76. The lowest BCUT2D eigenvalue weighted by atomic mass is 10.2. The van der Waals surface area contributed by atoms with Crippen LogP contribution in [0.3, 0.4) is 0 Å². The Morgan fingerprint density at radius 1 is 0.755 bits per heavy atom. The number of nitrogens with two attached hydrogens (primary N) is 3. The first-order chi connectivity index (χ1) is 23.6. The highest BCUT2D eigenvalue weighted by atomic mass is 79.9. The van der Waals surface area contributed by atoms with Crippen molar-refractivity contribution in [2.24, 2.45) is 0 Å². The van der Waals surface area contributed by atoms with Gasteiger partial charge in [-0.1, -0.05) is 18.2 Å². The summed E-state index contributed by atoms with van der Waals surface area (Å²) in [5, 5.41) is 0. The van der Waals surface area contributed by atoms with Gasteiger partial charge in [0.05, 0.1) is 47.3 Å². The predicted octanol–water partition coefficient (Wildman–Crippen LogP) is 5.46. The standard InChI is InChI=1S/C15H15N5.C12H10BrN5.C6H7N3O2/c1-3-4-10-8-17-14(16)13(18-10)15-19-11-6-5-9(2)7-12(11)20-15;1-6-2-3-7-8(4-6)17-12(16-7)10-11(14)15-5-9(13)18-10;1-11-6(10)4-5(7)9-3-2-8-4/h3-8H,1-2H3,(H2,16,17)(H,19,20);2-5H,1H3,(H2,14,15)(H,16,17);2-3H,1H3,(H2,7,9)/b4-3+;;. The number of benzene rings is 2. The highest BCUT2D eigenvalue weighted by Gasteiger charge is 2.13. The van der Waals surface area contributed by atoms with E-state index >= 15 is 0 Å². The van der Waals surface area contributed by atoms with Crippen LogP contribution < -0.4 is 17.2 Å². The number of aromatic amines is 2. The second-order valence-corrected chi connectivity index (χ2v) is 11.3. The van der Waals surface area contributed by atoms with Gasteiger partial charge in [-0.05, 0) is 78.2 Å². The molecule has 16 heteroatoms. The van der Waals surface area contributed by atoms with Crippen molar-refractivity contribution in [3.63, 3.8) is 0 Å². The van der Waals surface area contributed by atoms with Gasteiger partial charge in [-0.25, -0.2) is 44.7 Å². The summed E-state index contributed by atoms with van der Waals surface area (Å²) in [7, 11) is 1.26. The Balaban J connectivity index is 0.000000150. The number of nitrogens with zero attached hydrogens (tertiary/aromatic N) is 8. The highest BCUT2D eigenvalue weighted by Crippen LogP contribution is 2.25. The van der Waals surface area contributed by atoms with Crippen LogP contribution in [0.15, 0.2) is 71.9 Å². The number of nitrogen functional groups attached to an aromatic ring is 3. The lowest BCUT2D eigenvalue weighted by Crippen LogP contribution is -2.09. The van der Waals surface area contributed by atoms with Crippen molar-refractivity contribution in [3.8, 4) is 23.0 Å². The van der Waals surface area contributed by atoms with Crippen molar-refractivity contribution in [1.82, 2.24) is 49.8 Å². The van der Waals surface area contributed by atoms with Gasteiger partial charge in [-0.3, -0.25) is 0 Å². The second-order valence-electron chi connectivity index (χ2n) is 10.4. The van der Waals surface area contributed by atoms with Crippen LogP contribution in [0.5, 0.6) is 0 Å². The number of fused-ring (bicyclic) bond motifs is 2. The molecule has 0 aliphatic carbocycles. The minimum Gasteiger partial charge on any atom is -0.464 e. The number of hydrogen-bond donors (Lipinski definition) is 5. The molecule has 248 valence electrons. The Hall–Kier alpha value is -6.29. The van der Waals surface area contributed by atoms with E-state index in [2.05, 4.69) is 70.5 Å². The highest BCUT2D eigenvalue weighted by molar-refractivity contribution is 9.10. The van der Waals surface area contributed by atoms with Crippen LogP contribution in [-0.2, 0) is 4.74 Å². The molecule has 0 fully saturated rings. The Morgan fingerprint density at radius 2 is 1.31 bits per heavy atom. The van der Waals surface area contributed by atoms with Gasteiger partial charge in [0, 0.05) is 12.4 Å². The molecule has 5 heterocycles. The summed E-state index contributed by atoms with van der Waals surface area (Å²) in [5.41, 5.74) is 25.1. The third-order valence-corrected chi connectivity index (χ3v) is 7.14. The lowest BCUT2D eigenvalue weighted by molar-refractivity contribution is 0.0595. The molecule has 0 spiro atoms. The van der Waals surface area contributed by atoms with E-state index in [1.807, 2.05) is 69.3 Å². The molecule has 5 aromatic heterocycles. The Morgan fingerprint density at radius 3 is 1.86 bits per heavy atom. The number of halogens is 1. The van der Waals surface area contributed by atoms with Gasteiger partial charge in [-0.2, -0.15) is 0 Å². The molecular weight excluding hydrogens is 690 g/mol.